The summed E-state index contributed by atoms with van der Waals surface area (Å²) in [7, 11) is 0. The van der Waals surface area contributed by atoms with Crippen molar-refractivity contribution in [1.29, 1.82) is 0 Å². The number of imide groups is 1. The topological polar surface area (TPSA) is 105 Å². The van der Waals surface area contributed by atoms with Gasteiger partial charge in [-0.15, -0.1) is 0 Å². The largest absolute Gasteiger partial charge is 0.454 e. The molecule has 1 saturated carbocycles. The van der Waals surface area contributed by atoms with Crippen molar-refractivity contribution < 1.29 is 28.3 Å². The van der Waals surface area contributed by atoms with Crippen LogP contribution in [0, 0.1) is 18.7 Å². The van der Waals surface area contributed by atoms with Crippen LogP contribution in [0.1, 0.15) is 38.2 Å². The van der Waals surface area contributed by atoms with Gasteiger partial charge in [-0.2, -0.15) is 0 Å². The van der Waals surface area contributed by atoms with Crippen molar-refractivity contribution in [2.24, 2.45) is 5.92 Å². The average molecular weight is 405 g/mol. The zero-order valence-electron chi connectivity index (χ0n) is 16.4. The molecular weight excluding hydrogens is 381 g/mol. The van der Waals surface area contributed by atoms with Gasteiger partial charge in [-0.05, 0) is 43.4 Å². The van der Waals surface area contributed by atoms with Crippen LogP contribution in [0.2, 0.25) is 0 Å². The standard InChI is InChI=1S/C20H24FN3O5/c1-12-6-7-14(9-15(12)21)22-16(25)11-29-17(26)10-24-18(27)20(23-19(24)28)8-4-3-5-13(20)2/h6-7,9,13H,3-5,8,10-11H2,1-2H3,(H,22,25)(H,23,28)/t13-,20+/m1/s1. The van der Waals surface area contributed by atoms with Crippen LogP contribution in [-0.4, -0.2) is 47.4 Å². The molecule has 0 radical (unpaired) electrons. The summed E-state index contributed by atoms with van der Waals surface area (Å²) in [5, 5.41) is 5.16. The van der Waals surface area contributed by atoms with Gasteiger partial charge in [0.05, 0.1) is 0 Å². The summed E-state index contributed by atoms with van der Waals surface area (Å²) in [6, 6.07) is 3.57. The van der Waals surface area contributed by atoms with Crippen molar-refractivity contribution in [3.8, 4) is 0 Å². The third-order valence-corrected chi connectivity index (χ3v) is 5.61. The minimum Gasteiger partial charge on any atom is -0.454 e. The third kappa shape index (κ3) is 4.23. The molecule has 2 N–H and O–H groups in total. The second-order valence-corrected chi connectivity index (χ2v) is 7.61. The number of aryl methyl sites for hydroxylation is 1. The lowest BCUT2D eigenvalue weighted by atomic mass is 9.73. The molecular formula is C20H24FN3O5. The molecule has 2 fully saturated rings. The average Bonchev–Trinajstić information content (AvgIpc) is 2.90. The van der Waals surface area contributed by atoms with E-state index in [0.717, 1.165) is 30.2 Å². The molecule has 1 spiro atoms. The van der Waals surface area contributed by atoms with Crippen molar-refractivity contribution >= 4 is 29.5 Å². The van der Waals surface area contributed by atoms with Crippen molar-refractivity contribution in [1.82, 2.24) is 10.2 Å². The molecule has 3 rings (SSSR count). The van der Waals surface area contributed by atoms with Crippen molar-refractivity contribution in [2.75, 3.05) is 18.5 Å². The number of esters is 1. The number of hydrogen-bond donors (Lipinski definition) is 2. The van der Waals surface area contributed by atoms with Crippen LogP contribution in [0.5, 0.6) is 0 Å². The molecule has 2 aliphatic rings. The molecule has 0 bridgehead atoms. The number of ether oxygens (including phenoxy) is 1. The van der Waals surface area contributed by atoms with Gasteiger partial charge < -0.3 is 15.4 Å². The second kappa shape index (κ2) is 8.18. The number of nitrogens with zero attached hydrogens (tertiary/aromatic N) is 1. The maximum absolute atomic E-state index is 13.5. The number of hydrogen-bond acceptors (Lipinski definition) is 5. The van der Waals surface area contributed by atoms with Gasteiger partial charge >= 0.3 is 12.0 Å². The molecule has 2 atom stereocenters. The maximum Gasteiger partial charge on any atom is 0.326 e. The number of carbonyl (C=O) groups is 4. The van der Waals surface area contributed by atoms with E-state index in [2.05, 4.69) is 10.6 Å². The fraction of sp³-hybridized carbons (Fsp3) is 0.500. The second-order valence-electron chi connectivity index (χ2n) is 7.61. The molecule has 1 aliphatic carbocycles. The Morgan fingerprint density at radius 3 is 2.79 bits per heavy atom. The Balaban J connectivity index is 1.52. The van der Waals surface area contributed by atoms with Crippen LogP contribution in [0.25, 0.3) is 0 Å². The number of rotatable bonds is 5. The molecule has 0 unspecified atom stereocenters. The SMILES string of the molecule is Cc1ccc(NC(=O)COC(=O)CN2C(=O)N[C@]3(CCCC[C@H]3C)C2=O)cc1F. The van der Waals surface area contributed by atoms with Crippen molar-refractivity contribution in [3.05, 3.63) is 29.6 Å². The van der Waals surface area contributed by atoms with E-state index in [1.54, 1.807) is 6.92 Å². The van der Waals surface area contributed by atoms with Crippen LogP contribution in [0.3, 0.4) is 0 Å². The Hall–Kier alpha value is -2.97. The quantitative estimate of drug-likeness (QED) is 0.577. The predicted molar refractivity (Wildman–Crippen MR) is 101 cm³/mol. The molecule has 1 aromatic rings. The van der Waals surface area contributed by atoms with Gasteiger partial charge in [0.25, 0.3) is 11.8 Å². The first-order chi connectivity index (χ1) is 13.7. The van der Waals surface area contributed by atoms with Gasteiger partial charge in [0.2, 0.25) is 0 Å². The summed E-state index contributed by atoms with van der Waals surface area (Å²) in [4.78, 5) is 49.8. The summed E-state index contributed by atoms with van der Waals surface area (Å²) >= 11 is 0. The first kappa shape index (κ1) is 20.8. The number of amides is 4. The van der Waals surface area contributed by atoms with Crippen molar-refractivity contribution in [2.45, 2.75) is 45.1 Å². The molecule has 9 heteroatoms. The number of nitrogens with one attached hydrogen (secondary N) is 2. The number of anilines is 1. The highest BCUT2D eigenvalue weighted by Crippen LogP contribution is 2.38. The molecule has 1 aromatic carbocycles. The highest BCUT2D eigenvalue weighted by Gasteiger charge is 2.55. The molecule has 1 heterocycles. The Kier molecular flexibility index (Phi) is 5.86. The highest BCUT2D eigenvalue weighted by atomic mass is 19.1. The first-order valence-electron chi connectivity index (χ1n) is 9.58. The van der Waals surface area contributed by atoms with E-state index < -0.39 is 48.3 Å². The molecule has 4 amide bonds. The monoisotopic (exact) mass is 405 g/mol. The van der Waals surface area contributed by atoms with E-state index in [-0.39, 0.29) is 11.6 Å². The lowest BCUT2D eigenvalue weighted by Gasteiger charge is -2.36. The van der Waals surface area contributed by atoms with Gasteiger partial charge in [-0.25, -0.2) is 9.18 Å². The summed E-state index contributed by atoms with van der Waals surface area (Å²) in [5.41, 5.74) is -0.285. The summed E-state index contributed by atoms with van der Waals surface area (Å²) in [5.74, 6) is -2.44. The predicted octanol–water partition coefficient (Wildman–Crippen LogP) is 2.12. The zero-order valence-corrected chi connectivity index (χ0v) is 16.4. The smallest absolute Gasteiger partial charge is 0.326 e. The van der Waals surface area contributed by atoms with Gasteiger partial charge in [0, 0.05) is 5.69 Å². The summed E-state index contributed by atoms with van der Waals surface area (Å²) < 4.78 is 18.4. The summed E-state index contributed by atoms with van der Waals surface area (Å²) in [6.07, 6.45) is 3.19. The van der Waals surface area contributed by atoms with E-state index in [9.17, 15) is 23.6 Å². The number of urea groups is 1. The lowest BCUT2D eigenvalue weighted by molar-refractivity contribution is -0.150. The summed E-state index contributed by atoms with van der Waals surface area (Å²) in [6.45, 7) is 2.33. The van der Waals surface area contributed by atoms with Gasteiger partial charge in [-0.3, -0.25) is 19.3 Å². The van der Waals surface area contributed by atoms with Crippen LogP contribution in [0.4, 0.5) is 14.9 Å². The van der Waals surface area contributed by atoms with E-state index >= 15 is 0 Å². The Bertz CT molecular complexity index is 859. The zero-order chi connectivity index (χ0) is 21.2. The molecule has 29 heavy (non-hydrogen) atoms. The van der Waals surface area contributed by atoms with E-state index in [0.29, 0.717) is 12.0 Å². The molecule has 0 aromatic heterocycles. The Morgan fingerprint density at radius 1 is 1.34 bits per heavy atom. The van der Waals surface area contributed by atoms with E-state index in [4.69, 9.17) is 4.74 Å². The fourth-order valence-corrected chi connectivity index (χ4v) is 3.83. The van der Waals surface area contributed by atoms with Crippen LogP contribution < -0.4 is 10.6 Å². The lowest BCUT2D eigenvalue weighted by Crippen LogP contribution is -2.54. The van der Waals surface area contributed by atoms with Crippen LogP contribution >= 0.6 is 0 Å². The number of benzene rings is 1. The van der Waals surface area contributed by atoms with Crippen molar-refractivity contribution in [3.63, 3.8) is 0 Å². The third-order valence-electron chi connectivity index (χ3n) is 5.61. The van der Waals surface area contributed by atoms with Crippen LogP contribution in [-0.2, 0) is 19.1 Å². The highest BCUT2D eigenvalue weighted by molar-refractivity contribution is 6.09. The van der Waals surface area contributed by atoms with Gasteiger partial charge in [0.1, 0.15) is 17.9 Å². The number of halogens is 1. The first-order valence-corrected chi connectivity index (χ1v) is 9.58. The van der Waals surface area contributed by atoms with Crippen LogP contribution in [0.15, 0.2) is 18.2 Å². The Labute approximate surface area is 167 Å². The number of carbonyl (C=O) groups excluding carboxylic acids is 4. The molecule has 156 valence electrons. The van der Waals surface area contributed by atoms with E-state index in [1.165, 1.54) is 12.1 Å². The minimum absolute atomic E-state index is 0.0191. The molecule has 1 aliphatic heterocycles. The van der Waals surface area contributed by atoms with E-state index in [1.807, 2.05) is 6.92 Å². The van der Waals surface area contributed by atoms with Gasteiger partial charge in [-0.1, -0.05) is 25.8 Å². The Morgan fingerprint density at radius 2 is 2.10 bits per heavy atom. The van der Waals surface area contributed by atoms with Gasteiger partial charge in [0.15, 0.2) is 6.61 Å². The molecule has 1 saturated heterocycles. The fourth-order valence-electron chi connectivity index (χ4n) is 3.83. The molecule has 8 nitrogen and oxygen atoms in total. The maximum atomic E-state index is 13.5. The normalized spacial score (nSPS) is 23.8. The minimum atomic E-state index is -0.956.